The lowest BCUT2D eigenvalue weighted by Crippen LogP contribution is -2.46. The van der Waals surface area contributed by atoms with E-state index in [1.54, 1.807) is 6.92 Å². The summed E-state index contributed by atoms with van der Waals surface area (Å²) in [7, 11) is 0. The Morgan fingerprint density at radius 1 is 1.62 bits per heavy atom. The Morgan fingerprint density at radius 3 is 3.00 bits per heavy atom. The molecule has 0 bridgehead atoms. The van der Waals surface area contributed by atoms with Crippen molar-refractivity contribution in [1.82, 2.24) is 5.32 Å². The third kappa shape index (κ3) is 3.08. The van der Waals surface area contributed by atoms with Gasteiger partial charge in [0.2, 0.25) is 0 Å². The van der Waals surface area contributed by atoms with Gasteiger partial charge >= 0.3 is 5.97 Å². The summed E-state index contributed by atoms with van der Waals surface area (Å²) in [5, 5.41) is 11.9. The Hall–Kier alpha value is -1.01. The normalized spacial score (nSPS) is 27.5. The van der Waals surface area contributed by atoms with Crippen LogP contribution in [-0.4, -0.2) is 23.2 Å². The van der Waals surface area contributed by atoms with Crippen molar-refractivity contribution in [2.45, 2.75) is 44.7 Å². The first-order valence-electron chi connectivity index (χ1n) is 4.62. The monoisotopic (exact) mass is 181 g/mol. The molecule has 1 rings (SSSR count). The van der Waals surface area contributed by atoms with Crippen molar-refractivity contribution in [2.24, 2.45) is 0 Å². The average Bonchev–Trinajstić information content (AvgIpc) is 2.15. The number of rotatable bonds is 2. The Labute approximate surface area is 78.5 Å². The first-order chi connectivity index (χ1) is 6.24. The van der Waals surface area contributed by atoms with E-state index in [-0.39, 0.29) is 12.1 Å². The summed E-state index contributed by atoms with van der Waals surface area (Å²) in [6, 6.07) is -0.0975. The van der Waals surface area contributed by atoms with Gasteiger partial charge in [-0.1, -0.05) is 0 Å². The van der Waals surface area contributed by atoms with Crippen LogP contribution < -0.4 is 5.32 Å². The van der Waals surface area contributed by atoms with Gasteiger partial charge in [-0.15, -0.1) is 11.8 Å². The van der Waals surface area contributed by atoms with Gasteiger partial charge in [-0.3, -0.25) is 4.79 Å². The summed E-state index contributed by atoms with van der Waals surface area (Å²) in [5.74, 6) is 5.05. The fourth-order valence-electron chi connectivity index (χ4n) is 1.60. The Balaban J connectivity index is 2.40. The highest BCUT2D eigenvalue weighted by atomic mass is 16.4. The topological polar surface area (TPSA) is 49.3 Å². The number of carbonyl (C=O) groups is 1. The predicted molar refractivity (Wildman–Crippen MR) is 50.3 cm³/mol. The van der Waals surface area contributed by atoms with E-state index in [2.05, 4.69) is 17.2 Å². The zero-order chi connectivity index (χ0) is 9.68. The first kappa shape index (κ1) is 10.1. The van der Waals surface area contributed by atoms with E-state index in [0.29, 0.717) is 0 Å². The molecule has 72 valence electrons. The molecule has 13 heavy (non-hydrogen) atoms. The van der Waals surface area contributed by atoms with Crippen molar-refractivity contribution < 1.29 is 9.90 Å². The van der Waals surface area contributed by atoms with E-state index < -0.39 is 5.97 Å². The molecule has 0 aromatic heterocycles. The maximum atomic E-state index is 10.7. The molecule has 1 aliphatic heterocycles. The smallest absolute Gasteiger partial charge is 0.320 e. The van der Waals surface area contributed by atoms with Crippen LogP contribution in [0, 0.1) is 11.8 Å². The highest BCUT2D eigenvalue weighted by Gasteiger charge is 2.24. The first-order valence-corrected chi connectivity index (χ1v) is 4.62. The summed E-state index contributed by atoms with van der Waals surface area (Å²) in [6.45, 7) is 1.80. The number of aliphatic carboxylic acids is 1. The molecule has 0 spiro atoms. The molecule has 0 saturated carbocycles. The second kappa shape index (κ2) is 4.88. The van der Waals surface area contributed by atoms with Crippen LogP contribution in [0.25, 0.3) is 0 Å². The van der Waals surface area contributed by atoms with Crippen molar-refractivity contribution >= 4 is 5.97 Å². The summed E-state index contributed by atoms with van der Waals surface area (Å²) in [6.07, 6.45) is 3.53. The fraction of sp³-hybridized carbons (Fsp3) is 0.700. The summed E-state index contributed by atoms with van der Waals surface area (Å²) < 4.78 is 0. The Bertz CT molecular complexity index is 239. The molecule has 0 aromatic rings. The Kier molecular flexibility index (Phi) is 3.78. The highest BCUT2D eigenvalue weighted by Crippen LogP contribution is 2.14. The van der Waals surface area contributed by atoms with Gasteiger partial charge in [0.05, 0.1) is 0 Å². The molecule has 2 unspecified atom stereocenters. The van der Waals surface area contributed by atoms with Gasteiger partial charge in [-0.25, -0.2) is 0 Å². The van der Waals surface area contributed by atoms with Crippen molar-refractivity contribution in [3.05, 3.63) is 0 Å². The fourth-order valence-corrected chi connectivity index (χ4v) is 1.60. The molecule has 2 atom stereocenters. The van der Waals surface area contributed by atoms with E-state index in [0.717, 1.165) is 25.7 Å². The lowest BCUT2D eigenvalue weighted by molar-refractivity contribution is -0.140. The molecule has 1 fully saturated rings. The minimum atomic E-state index is -0.742. The molecular weight excluding hydrogens is 166 g/mol. The van der Waals surface area contributed by atoms with Gasteiger partial charge in [-0.2, -0.15) is 0 Å². The van der Waals surface area contributed by atoms with Crippen LogP contribution in [0.2, 0.25) is 0 Å². The van der Waals surface area contributed by atoms with Gasteiger partial charge in [0.15, 0.2) is 0 Å². The molecule has 1 aliphatic rings. The highest BCUT2D eigenvalue weighted by molar-refractivity contribution is 5.73. The molecule has 0 aliphatic carbocycles. The average molecular weight is 181 g/mol. The molecule has 0 radical (unpaired) electrons. The van der Waals surface area contributed by atoms with Crippen LogP contribution in [0.15, 0.2) is 0 Å². The number of carboxylic acids is 1. The zero-order valence-corrected chi connectivity index (χ0v) is 7.84. The lowest BCUT2D eigenvalue weighted by Gasteiger charge is -2.27. The summed E-state index contributed by atoms with van der Waals surface area (Å²) in [5.41, 5.74) is 0. The standard InChI is InChI=1S/C10H15NO2/c1-2-3-5-8-6-4-7-9(11-8)10(12)13/h8-9,11H,4-7H2,1H3,(H,12,13). The van der Waals surface area contributed by atoms with Gasteiger partial charge in [0, 0.05) is 12.5 Å². The van der Waals surface area contributed by atoms with Gasteiger partial charge in [0.25, 0.3) is 0 Å². The number of hydrogen-bond acceptors (Lipinski definition) is 2. The van der Waals surface area contributed by atoms with Crippen molar-refractivity contribution in [3.63, 3.8) is 0 Å². The van der Waals surface area contributed by atoms with E-state index in [9.17, 15) is 4.79 Å². The molecule has 0 amide bonds. The van der Waals surface area contributed by atoms with Crippen LogP contribution in [0.5, 0.6) is 0 Å². The van der Waals surface area contributed by atoms with E-state index in [1.165, 1.54) is 0 Å². The molecule has 2 N–H and O–H groups in total. The molecule has 1 saturated heterocycles. The third-order valence-electron chi connectivity index (χ3n) is 2.31. The number of nitrogens with one attached hydrogen (secondary N) is 1. The Morgan fingerprint density at radius 2 is 2.38 bits per heavy atom. The summed E-state index contributed by atoms with van der Waals surface area (Å²) >= 11 is 0. The maximum Gasteiger partial charge on any atom is 0.320 e. The maximum absolute atomic E-state index is 10.7. The van der Waals surface area contributed by atoms with Crippen molar-refractivity contribution in [2.75, 3.05) is 0 Å². The lowest BCUT2D eigenvalue weighted by atomic mass is 9.97. The molecular formula is C10H15NO2. The largest absolute Gasteiger partial charge is 0.480 e. The second-order valence-corrected chi connectivity index (χ2v) is 3.32. The second-order valence-electron chi connectivity index (χ2n) is 3.32. The summed E-state index contributed by atoms with van der Waals surface area (Å²) in [4.78, 5) is 10.7. The predicted octanol–water partition coefficient (Wildman–Crippen LogP) is 0.995. The van der Waals surface area contributed by atoms with Crippen LogP contribution in [0.4, 0.5) is 0 Å². The third-order valence-corrected chi connectivity index (χ3v) is 2.31. The van der Waals surface area contributed by atoms with Crippen LogP contribution in [0.3, 0.4) is 0 Å². The SMILES string of the molecule is CC#CCC1CCCC(C(=O)O)N1. The quantitative estimate of drug-likeness (QED) is 0.625. The molecule has 1 heterocycles. The number of carboxylic acid groups (broad SMARTS) is 1. The van der Waals surface area contributed by atoms with Crippen LogP contribution >= 0.6 is 0 Å². The zero-order valence-electron chi connectivity index (χ0n) is 7.84. The van der Waals surface area contributed by atoms with E-state index >= 15 is 0 Å². The number of hydrogen-bond donors (Lipinski definition) is 2. The van der Waals surface area contributed by atoms with Crippen molar-refractivity contribution in [1.29, 1.82) is 0 Å². The molecule has 3 heteroatoms. The van der Waals surface area contributed by atoms with Crippen LogP contribution in [0.1, 0.15) is 32.6 Å². The van der Waals surface area contributed by atoms with Crippen LogP contribution in [-0.2, 0) is 4.79 Å². The molecule has 0 aromatic carbocycles. The van der Waals surface area contributed by atoms with Gasteiger partial charge in [-0.05, 0) is 26.2 Å². The van der Waals surface area contributed by atoms with Crippen molar-refractivity contribution in [3.8, 4) is 11.8 Å². The minimum Gasteiger partial charge on any atom is -0.480 e. The number of piperidine rings is 1. The van der Waals surface area contributed by atoms with E-state index in [1.807, 2.05) is 0 Å². The molecule has 3 nitrogen and oxygen atoms in total. The minimum absolute atomic E-state index is 0.266. The van der Waals surface area contributed by atoms with Gasteiger partial charge in [0.1, 0.15) is 6.04 Å². The van der Waals surface area contributed by atoms with Gasteiger partial charge < -0.3 is 10.4 Å². The van der Waals surface area contributed by atoms with E-state index in [4.69, 9.17) is 5.11 Å².